The van der Waals surface area contributed by atoms with Gasteiger partial charge >= 0.3 is 5.69 Å². The second-order valence-electron chi connectivity index (χ2n) is 9.90. The maximum Gasteiger partial charge on any atom is 0.330 e. The molecule has 0 saturated carbocycles. The lowest BCUT2D eigenvalue weighted by Crippen LogP contribution is -2.52. The van der Waals surface area contributed by atoms with Crippen LogP contribution in [0.4, 0.5) is 0 Å². The van der Waals surface area contributed by atoms with Gasteiger partial charge in [-0.1, -0.05) is 60.5 Å². The molecule has 42 heavy (non-hydrogen) atoms. The van der Waals surface area contributed by atoms with Crippen LogP contribution in [0.15, 0.2) is 101 Å². The van der Waals surface area contributed by atoms with E-state index in [1.165, 1.54) is 16.8 Å². The first kappa shape index (κ1) is 28.7. The second kappa shape index (κ2) is 12.4. The molecule has 1 fully saturated rings. The maximum atomic E-state index is 12.6. The van der Waals surface area contributed by atoms with Crippen LogP contribution >= 0.6 is 0 Å². The second-order valence-corrected chi connectivity index (χ2v) is 9.90. The number of aliphatic hydroxyl groups is 1. The van der Waals surface area contributed by atoms with Crippen molar-refractivity contribution in [1.82, 2.24) is 9.55 Å². The lowest BCUT2D eigenvalue weighted by atomic mass is 9.64. The summed E-state index contributed by atoms with van der Waals surface area (Å²) in [6.07, 6.45) is 0.472. The van der Waals surface area contributed by atoms with E-state index in [1.807, 2.05) is 78.9 Å². The molecule has 1 aliphatic heterocycles. The standard InChI is InChI=1S/C33H32N2O7/c1-4-20-41-31(30-27(36)21-29(42-30)35-19-18-28(37)34-32(35)38)33(22-8-6-5-7-9-22,23-10-14-25(39-2)15-11-23)24-12-16-26(40-3)17-13-24/h5-19,27,29-31,36H,21H2,1-3H3,(H,34,37,38)/t27-,29+,30-,31?/m0/s1. The van der Waals surface area contributed by atoms with Crippen LogP contribution in [0.5, 0.6) is 11.5 Å². The fourth-order valence-electron chi connectivity index (χ4n) is 5.70. The molecule has 9 heteroatoms. The van der Waals surface area contributed by atoms with Crippen LogP contribution in [0, 0.1) is 12.0 Å². The zero-order valence-corrected chi connectivity index (χ0v) is 23.5. The van der Waals surface area contributed by atoms with Crippen molar-refractivity contribution in [2.24, 2.45) is 0 Å². The number of nitrogens with zero attached hydrogens (tertiary/aromatic N) is 1. The van der Waals surface area contributed by atoms with Gasteiger partial charge in [0.1, 0.15) is 29.9 Å². The third kappa shape index (κ3) is 5.30. The lowest BCUT2D eigenvalue weighted by Gasteiger charge is -2.43. The van der Waals surface area contributed by atoms with Crippen molar-refractivity contribution >= 4 is 0 Å². The van der Waals surface area contributed by atoms with Crippen molar-refractivity contribution in [3.63, 3.8) is 0 Å². The number of hydrogen-bond donors (Lipinski definition) is 2. The number of hydrogen-bond acceptors (Lipinski definition) is 7. The smallest absolute Gasteiger partial charge is 0.330 e. The number of aliphatic hydroxyl groups excluding tert-OH is 1. The Morgan fingerprint density at radius 3 is 2.00 bits per heavy atom. The molecule has 9 nitrogen and oxygen atoms in total. The SMILES string of the molecule is CC#COC([C@H]1O[C@@H](n2ccc(=O)[nH]c2=O)C[C@@H]1O)C(c1ccccc1)(c1ccc(OC)cc1)c1ccc(OC)cc1. The topological polar surface area (TPSA) is 112 Å². The van der Waals surface area contributed by atoms with E-state index in [0.29, 0.717) is 11.5 Å². The highest BCUT2D eigenvalue weighted by Gasteiger charge is 2.54. The summed E-state index contributed by atoms with van der Waals surface area (Å²) in [6.45, 7) is 1.66. The Labute approximate surface area is 243 Å². The number of aromatic nitrogens is 2. The minimum Gasteiger partial charge on any atom is -0.497 e. The minimum atomic E-state index is -1.07. The normalized spacial score (nSPS) is 18.9. The van der Waals surface area contributed by atoms with E-state index in [-0.39, 0.29) is 6.42 Å². The van der Waals surface area contributed by atoms with Gasteiger partial charge in [0.2, 0.25) is 0 Å². The molecule has 0 spiro atoms. The molecule has 1 saturated heterocycles. The van der Waals surface area contributed by atoms with Crippen LogP contribution in [-0.4, -0.2) is 47.2 Å². The molecule has 1 unspecified atom stereocenters. The highest BCUT2D eigenvalue weighted by Crippen LogP contribution is 2.48. The van der Waals surface area contributed by atoms with E-state index in [0.717, 1.165) is 16.7 Å². The monoisotopic (exact) mass is 568 g/mol. The van der Waals surface area contributed by atoms with Crippen LogP contribution < -0.4 is 20.7 Å². The maximum absolute atomic E-state index is 12.6. The largest absolute Gasteiger partial charge is 0.497 e. The average Bonchev–Trinajstić information content (AvgIpc) is 3.40. The number of rotatable bonds is 9. The Morgan fingerprint density at radius 2 is 1.48 bits per heavy atom. The van der Waals surface area contributed by atoms with Gasteiger partial charge in [0.25, 0.3) is 5.56 Å². The van der Waals surface area contributed by atoms with Crippen LogP contribution in [0.1, 0.15) is 36.3 Å². The molecule has 4 aromatic rings. The minimum absolute atomic E-state index is 0.0894. The number of H-pyrrole nitrogens is 1. The third-order valence-corrected chi connectivity index (χ3v) is 7.63. The third-order valence-electron chi connectivity index (χ3n) is 7.63. The van der Waals surface area contributed by atoms with E-state index in [9.17, 15) is 14.7 Å². The Hall–Kier alpha value is -4.78. The average molecular weight is 569 g/mol. The molecule has 0 amide bonds. The Kier molecular flexibility index (Phi) is 8.48. The summed E-state index contributed by atoms with van der Waals surface area (Å²) < 4.78 is 25.0. The summed E-state index contributed by atoms with van der Waals surface area (Å²) in [5.41, 5.74) is 0.314. The summed E-state index contributed by atoms with van der Waals surface area (Å²) in [5, 5.41) is 11.5. The van der Waals surface area contributed by atoms with E-state index in [1.54, 1.807) is 21.1 Å². The molecule has 216 valence electrons. The van der Waals surface area contributed by atoms with Crippen molar-refractivity contribution in [3.05, 3.63) is 129 Å². The van der Waals surface area contributed by atoms with Gasteiger partial charge in [-0.15, -0.1) is 0 Å². The Morgan fingerprint density at radius 1 is 0.905 bits per heavy atom. The zero-order valence-electron chi connectivity index (χ0n) is 23.5. The molecular formula is C33H32N2O7. The first-order chi connectivity index (χ1) is 20.4. The molecule has 2 heterocycles. The van der Waals surface area contributed by atoms with E-state index >= 15 is 0 Å². The molecule has 5 rings (SSSR count). The van der Waals surface area contributed by atoms with Crippen LogP contribution in [0.2, 0.25) is 0 Å². The van der Waals surface area contributed by atoms with Gasteiger partial charge < -0.3 is 24.1 Å². The Bertz CT molecular complexity index is 1620. The molecular weight excluding hydrogens is 536 g/mol. The fourth-order valence-corrected chi connectivity index (χ4v) is 5.70. The zero-order chi connectivity index (χ0) is 29.7. The van der Waals surface area contributed by atoms with Crippen molar-refractivity contribution < 1.29 is 24.1 Å². The molecule has 1 aromatic heterocycles. The summed E-state index contributed by atoms with van der Waals surface area (Å²) in [7, 11) is 3.21. The summed E-state index contributed by atoms with van der Waals surface area (Å²) >= 11 is 0. The molecule has 4 atom stereocenters. The molecule has 0 radical (unpaired) electrons. The predicted octanol–water partition coefficient (Wildman–Crippen LogP) is 3.60. The molecule has 2 N–H and O–H groups in total. The lowest BCUT2D eigenvalue weighted by molar-refractivity contribution is -0.0970. The fraction of sp³-hybridized carbons (Fsp3) is 0.273. The molecule has 0 bridgehead atoms. The number of methoxy groups -OCH3 is 2. The molecule has 0 aliphatic carbocycles. The van der Waals surface area contributed by atoms with Crippen LogP contribution in [0.25, 0.3) is 0 Å². The summed E-state index contributed by atoms with van der Waals surface area (Å²) in [5.74, 6) is 4.17. The summed E-state index contributed by atoms with van der Waals surface area (Å²) in [6, 6.07) is 26.3. The van der Waals surface area contributed by atoms with Crippen molar-refractivity contribution in [2.75, 3.05) is 14.2 Å². The first-order valence-electron chi connectivity index (χ1n) is 13.5. The highest BCUT2D eigenvalue weighted by molar-refractivity contribution is 5.54. The van der Waals surface area contributed by atoms with Gasteiger partial charge in [-0.3, -0.25) is 14.3 Å². The molecule has 1 aliphatic rings. The van der Waals surface area contributed by atoms with Gasteiger partial charge in [0.05, 0.1) is 25.7 Å². The predicted molar refractivity (Wildman–Crippen MR) is 156 cm³/mol. The van der Waals surface area contributed by atoms with Crippen molar-refractivity contribution in [1.29, 1.82) is 0 Å². The highest BCUT2D eigenvalue weighted by atomic mass is 16.6. The van der Waals surface area contributed by atoms with E-state index in [4.69, 9.17) is 18.9 Å². The van der Waals surface area contributed by atoms with Gasteiger partial charge in [-0.2, -0.15) is 0 Å². The van der Waals surface area contributed by atoms with Gasteiger partial charge in [-0.05, 0) is 41.0 Å². The van der Waals surface area contributed by atoms with Crippen molar-refractivity contribution in [2.45, 2.75) is 43.3 Å². The van der Waals surface area contributed by atoms with E-state index in [2.05, 4.69) is 17.0 Å². The number of aromatic amines is 1. The van der Waals surface area contributed by atoms with Gasteiger partial charge in [0.15, 0.2) is 6.10 Å². The quantitative estimate of drug-likeness (QED) is 0.234. The van der Waals surface area contributed by atoms with Gasteiger partial charge in [-0.25, -0.2) is 4.79 Å². The summed E-state index contributed by atoms with van der Waals surface area (Å²) in [4.78, 5) is 26.6. The first-order valence-corrected chi connectivity index (χ1v) is 13.5. The number of nitrogens with one attached hydrogen (secondary N) is 1. The van der Waals surface area contributed by atoms with Gasteiger partial charge in [0, 0.05) is 25.6 Å². The van der Waals surface area contributed by atoms with Crippen LogP contribution in [-0.2, 0) is 14.9 Å². The molecule has 3 aromatic carbocycles. The number of benzene rings is 3. The van der Waals surface area contributed by atoms with E-state index < -0.39 is 41.2 Å². The Balaban J connectivity index is 1.76. The number of ether oxygens (including phenoxy) is 4. The van der Waals surface area contributed by atoms with Crippen LogP contribution in [0.3, 0.4) is 0 Å². The van der Waals surface area contributed by atoms with Crippen molar-refractivity contribution in [3.8, 4) is 23.5 Å².